The van der Waals surface area contributed by atoms with Crippen molar-refractivity contribution in [2.24, 2.45) is 0 Å². The molecule has 5 heteroatoms. The molecule has 0 spiro atoms. The van der Waals surface area contributed by atoms with Gasteiger partial charge in [-0.15, -0.1) is 11.3 Å². The normalized spacial score (nSPS) is 10.5. The lowest BCUT2D eigenvalue weighted by Gasteiger charge is -2.13. The SMILES string of the molecule is Cc1ccc(C(=O)N(C)C)cc1NCc1cnc(-c2ccccc2)s1. The third kappa shape index (κ3) is 4.06. The van der Waals surface area contributed by atoms with Gasteiger partial charge in [-0.2, -0.15) is 0 Å². The van der Waals surface area contributed by atoms with Crippen LogP contribution in [0.2, 0.25) is 0 Å². The fourth-order valence-electron chi connectivity index (χ4n) is 2.49. The van der Waals surface area contributed by atoms with Crippen molar-refractivity contribution >= 4 is 22.9 Å². The molecule has 2 aromatic carbocycles. The molecule has 0 unspecified atom stereocenters. The van der Waals surface area contributed by atoms with Crippen LogP contribution in [0.5, 0.6) is 0 Å². The number of aromatic nitrogens is 1. The number of amides is 1. The highest BCUT2D eigenvalue weighted by Gasteiger charge is 2.10. The number of hydrogen-bond donors (Lipinski definition) is 1. The maximum Gasteiger partial charge on any atom is 0.253 e. The van der Waals surface area contributed by atoms with Gasteiger partial charge in [0, 0.05) is 42.0 Å². The van der Waals surface area contributed by atoms with Crippen LogP contribution in [-0.4, -0.2) is 29.9 Å². The highest BCUT2D eigenvalue weighted by molar-refractivity contribution is 7.15. The van der Waals surface area contributed by atoms with Gasteiger partial charge in [-0.05, 0) is 24.6 Å². The molecule has 0 saturated carbocycles. The van der Waals surface area contributed by atoms with Crippen LogP contribution in [0.3, 0.4) is 0 Å². The number of rotatable bonds is 5. The molecule has 0 fully saturated rings. The van der Waals surface area contributed by atoms with Crippen LogP contribution in [0.1, 0.15) is 20.8 Å². The van der Waals surface area contributed by atoms with E-state index in [-0.39, 0.29) is 5.91 Å². The lowest BCUT2D eigenvalue weighted by atomic mass is 10.1. The molecule has 3 rings (SSSR count). The van der Waals surface area contributed by atoms with Crippen LogP contribution in [0, 0.1) is 6.92 Å². The summed E-state index contributed by atoms with van der Waals surface area (Å²) in [5, 5.41) is 4.45. The largest absolute Gasteiger partial charge is 0.380 e. The smallest absolute Gasteiger partial charge is 0.253 e. The van der Waals surface area contributed by atoms with E-state index in [1.165, 1.54) is 0 Å². The first-order chi connectivity index (χ1) is 12.0. The van der Waals surface area contributed by atoms with Crippen LogP contribution >= 0.6 is 11.3 Å². The van der Waals surface area contributed by atoms with Crippen molar-refractivity contribution in [2.75, 3.05) is 19.4 Å². The van der Waals surface area contributed by atoms with Crippen molar-refractivity contribution in [1.29, 1.82) is 0 Å². The number of hydrogen-bond acceptors (Lipinski definition) is 4. The zero-order chi connectivity index (χ0) is 17.8. The molecule has 128 valence electrons. The average molecular weight is 351 g/mol. The van der Waals surface area contributed by atoms with Gasteiger partial charge in [0.1, 0.15) is 5.01 Å². The summed E-state index contributed by atoms with van der Waals surface area (Å²) in [6.45, 7) is 2.72. The second kappa shape index (κ2) is 7.49. The molecule has 0 aliphatic rings. The number of benzene rings is 2. The summed E-state index contributed by atoms with van der Waals surface area (Å²) in [6.07, 6.45) is 1.91. The fraction of sp³-hybridized carbons (Fsp3) is 0.200. The van der Waals surface area contributed by atoms with E-state index in [9.17, 15) is 4.79 Å². The first-order valence-electron chi connectivity index (χ1n) is 8.11. The second-order valence-corrected chi connectivity index (χ2v) is 7.20. The number of thiazole rings is 1. The zero-order valence-electron chi connectivity index (χ0n) is 14.6. The standard InChI is InChI=1S/C20H21N3OS/c1-14-9-10-16(20(24)23(2)3)11-18(14)21-12-17-13-22-19(25-17)15-7-5-4-6-8-15/h4-11,13,21H,12H2,1-3H3. The summed E-state index contributed by atoms with van der Waals surface area (Å²) in [4.78, 5) is 19.4. The van der Waals surface area contributed by atoms with Gasteiger partial charge in [0.25, 0.3) is 5.91 Å². The highest BCUT2D eigenvalue weighted by Crippen LogP contribution is 2.26. The van der Waals surface area contributed by atoms with Crippen LogP contribution in [0.15, 0.2) is 54.7 Å². The number of anilines is 1. The Morgan fingerprint density at radius 1 is 1.16 bits per heavy atom. The van der Waals surface area contributed by atoms with E-state index in [0.29, 0.717) is 12.1 Å². The van der Waals surface area contributed by atoms with Crippen molar-refractivity contribution in [2.45, 2.75) is 13.5 Å². The molecular weight excluding hydrogens is 330 g/mol. The van der Waals surface area contributed by atoms with Crippen molar-refractivity contribution in [3.05, 3.63) is 70.7 Å². The van der Waals surface area contributed by atoms with E-state index < -0.39 is 0 Å². The minimum atomic E-state index is 0.00667. The molecule has 3 aromatic rings. The predicted octanol–water partition coefficient (Wildman–Crippen LogP) is 4.43. The summed E-state index contributed by atoms with van der Waals surface area (Å²) in [7, 11) is 3.52. The van der Waals surface area contributed by atoms with Crippen molar-refractivity contribution in [1.82, 2.24) is 9.88 Å². The number of nitrogens with one attached hydrogen (secondary N) is 1. The molecule has 0 bridgehead atoms. The molecular formula is C20H21N3OS. The molecule has 4 nitrogen and oxygen atoms in total. The lowest BCUT2D eigenvalue weighted by Crippen LogP contribution is -2.21. The fourth-order valence-corrected chi connectivity index (χ4v) is 3.35. The molecule has 0 atom stereocenters. The second-order valence-electron chi connectivity index (χ2n) is 6.08. The minimum absolute atomic E-state index is 0.00667. The Hall–Kier alpha value is -2.66. The third-order valence-corrected chi connectivity index (χ3v) is 4.96. The van der Waals surface area contributed by atoms with E-state index in [1.807, 2.05) is 49.5 Å². The summed E-state index contributed by atoms with van der Waals surface area (Å²) >= 11 is 1.68. The Morgan fingerprint density at radius 3 is 2.64 bits per heavy atom. The van der Waals surface area contributed by atoms with E-state index >= 15 is 0 Å². The summed E-state index contributed by atoms with van der Waals surface area (Å²) in [5.74, 6) is 0.00667. The Balaban J connectivity index is 1.73. The third-order valence-electron chi connectivity index (χ3n) is 3.92. The van der Waals surface area contributed by atoms with Gasteiger partial charge in [-0.1, -0.05) is 36.4 Å². The topological polar surface area (TPSA) is 45.2 Å². The summed E-state index contributed by atoms with van der Waals surface area (Å²) < 4.78 is 0. The Morgan fingerprint density at radius 2 is 1.92 bits per heavy atom. The van der Waals surface area contributed by atoms with Crippen LogP contribution in [0.4, 0.5) is 5.69 Å². The zero-order valence-corrected chi connectivity index (χ0v) is 15.4. The quantitative estimate of drug-likeness (QED) is 0.739. The van der Waals surface area contributed by atoms with Crippen LogP contribution in [0.25, 0.3) is 10.6 Å². The van der Waals surface area contributed by atoms with Crippen molar-refractivity contribution < 1.29 is 4.79 Å². The number of aryl methyl sites for hydroxylation is 1. The molecule has 0 aliphatic heterocycles. The molecule has 0 radical (unpaired) electrons. The molecule has 1 amide bonds. The van der Waals surface area contributed by atoms with E-state index in [2.05, 4.69) is 22.4 Å². The Labute approximate surface area is 152 Å². The van der Waals surface area contributed by atoms with Gasteiger partial charge in [0.15, 0.2) is 0 Å². The molecule has 25 heavy (non-hydrogen) atoms. The number of carbonyl (C=O) groups excluding carboxylic acids is 1. The number of carbonyl (C=O) groups is 1. The molecule has 0 saturated heterocycles. The van der Waals surface area contributed by atoms with E-state index in [0.717, 1.165) is 26.7 Å². The number of nitrogens with zero attached hydrogens (tertiary/aromatic N) is 2. The van der Waals surface area contributed by atoms with Gasteiger partial charge >= 0.3 is 0 Å². The van der Waals surface area contributed by atoms with Crippen LogP contribution < -0.4 is 5.32 Å². The summed E-state index contributed by atoms with van der Waals surface area (Å²) in [5.41, 5.74) is 3.91. The minimum Gasteiger partial charge on any atom is -0.380 e. The predicted molar refractivity (Wildman–Crippen MR) is 104 cm³/mol. The Bertz CT molecular complexity index is 872. The van der Waals surface area contributed by atoms with Crippen molar-refractivity contribution in [3.63, 3.8) is 0 Å². The van der Waals surface area contributed by atoms with Gasteiger partial charge in [-0.25, -0.2) is 4.98 Å². The van der Waals surface area contributed by atoms with Gasteiger partial charge in [0.2, 0.25) is 0 Å². The molecule has 1 aromatic heterocycles. The maximum absolute atomic E-state index is 12.1. The van der Waals surface area contributed by atoms with Gasteiger partial charge in [-0.3, -0.25) is 4.79 Å². The first-order valence-corrected chi connectivity index (χ1v) is 8.92. The lowest BCUT2D eigenvalue weighted by molar-refractivity contribution is 0.0827. The monoisotopic (exact) mass is 351 g/mol. The first kappa shape index (κ1) is 17.2. The van der Waals surface area contributed by atoms with E-state index in [1.54, 1.807) is 30.3 Å². The Kier molecular flexibility index (Phi) is 5.14. The molecule has 0 aliphatic carbocycles. The molecule has 1 N–H and O–H groups in total. The van der Waals surface area contributed by atoms with Crippen molar-refractivity contribution in [3.8, 4) is 10.6 Å². The average Bonchev–Trinajstić information content (AvgIpc) is 3.10. The van der Waals surface area contributed by atoms with Gasteiger partial charge in [0.05, 0.1) is 6.54 Å². The highest BCUT2D eigenvalue weighted by atomic mass is 32.1. The maximum atomic E-state index is 12.1. The summed E-state index contributed by atoms with van der Waals surface area (Å²) in [6, 6.07) is 15.9. The van der Waals surface area contributed by atoms with Gasteiger partial charge < -0.3 is 10.2 Å². The van der Waals surface area contributed by atoms with E-state index in [4.69, 9.17) is 0 Å². The van der Waals surface area contributed by atoms with Crippen LogP contribution in [-0.2, 0) is 6.54 Å². The molecule has 1 heterocycles.